The molecule has 70 heavy (non-hydrogen) atoms. The number of hydrogen-bond donors (Lipinski definition) is 1. The van der Waals surface area contributed by atoms with Gasteiger partial charge in [-0.15, -0.1) is 29.3 Å². The Morgan fingerprint density at radius 2 is 1.10 bits per heavy atom. The van der Waals surface area contributed by atoms with Gasteiger partial charge in [-0.2, -0.15) is 0 Å². The molecule has 9 rings (SSSR count). The standard InChI is InChI=1S/C65H66N3O.Pt/c1-41-22-31-57(53(34-41)45-27-29-49(30-28-45)62(2,3)4)68-58-21-17-20-52(59(58)67-61(68)54-39-51(64(8,9)10)40-55(60(54)69)65(11,12)13)47-35-48(37-50(36-47)63(5,6)7)56-38-46(32-33-66-56)44-25-23-43(24-26-44)42-18-15-14-16-19-42;/h14-34,36-40,69H,1-13H3;/q-1;/i1D3;. The Bertz CT molecular complexity index is 3470. The molecule has 7 aromatic carbocycles. The molecule has 0 fully saturated rings. The van der Waals surface area contributed by atoms with E-state index in [1.165, 1.54) is 11.1 Å². The van der Waals surface area contributed by atoms with Crippen molar-refractivity contribution in [1.82, 2.24) is 14.5 Å². The first-order valence-corrected chi connectivity index (χ1v) is 24.1. The molecule has 2 aromatic heterocycles. The Hall–Kier alpha value is -6.35. The average molecular weight is 1100 g/mol. The Balaban J connectivity index is 0.00000711. The van der Waals surface area contributed by atoms with E-state index in [9.17, 15) is 5.11 Å². The molecule has 0 amide bonds. The monoisotopic (exact) mass is 1100 g/mol. The molecule has 0 radical (unpaired) electrons. The van der Waals surface area contributed by atoms with E-state index in [0.717, 1.165) is 78.1 Å². The van der Waals surface area contributed by atoms with Crippen LogP contribution in [0, 0.1) is 12.9 Å². The Labute approximate surface area is 435 Å². The first kappa shape index (κ1) is 46.1. The van der Waals surface area contributed by atoms with Crippen LogP contribution in [0.25, 0.3) is 83.9 Å². The summed E-state index contributed by atoms with van der Waals surface area (Å²) in [5, 5.41) is 12.6. The minimum atomic E-state index is -2.35. The van der Waals surface area contributed by atoms with Gasteiger partial charge in [-0.25, -0.2) is 4.98 Å². The molecule has 0 saturated heterocycles. The first-order chi connectivity index (χ1) is 33.8. The average Bonchev–Trinajstić information content (AvgIpc) is 3.72. The van der Waals surface area contributed by atoms with Crippen LogP contribution in [0.1, 0.15) is 115 Å². The number of phenolic OH excluding ortho intramolecular Hbond substituents is 1. The van der Waals surface area contributed by atoms with E-state index in [0.29, 0.717) is 16.9 Å². The van der Waals surface area contributed by atoms with Crippen molar-refractivity contribution in [2.45, 2.75) is 112 Å². The third kappa shape index (κ3) is 9.99. The van der Waals surface area contributed by atoms with Gasteiger partial charge in [0.2, 0.25) is 0 Å². The van der Waals surface area contributed by atoms with Gasteiger partial charge in [0.15, 0.2) is 0 Å². The number of phenols is 1. The molecule has 4 nitrogen and oxygen atoms in total. The largest absolute Gasteiger partial charge is 0.507 e. The minimum absolute atomic E-state index is 0. The van der Waals surface area contributed by atoms with E-state index in [-0.39, 0.29) is 48.6 Å². The van der Waals surface area contributed by atoms with Gasteiger partial charge in [0.25, 0.3) is 0 Å². The van der Waals surface area contributed by atoms with Crippen molar-refractivity contribution >= 4 is 11.0 Å². The van der Waals surface area contributed by atoms with E-state index in [1.54, 1.807) is 12.1 Å². The summed E-state index contributed by atoms with van der Waals surface area (Å²) in [7, 11) is 0. The van der Waals surface area contributed by atoms with Crippen molar-refractivity contribution in [3.8, 4) is 78.6 Å². The van der Waals surface area contributed by atoms with Crippen LogP contribution in [0.4, 0.5) is 0 Å². The van der Waals surface area contributed by atoms with Crippen molar-refractivity contribution in [1.29, 1.82) is 0 Å². The van der Waals surface area contributed by atoms with Crippen molar-refractivity contribution in [3.05, 3.63) is 192 Å². The smallest absolute Gasteiger partial charge is 0.148 e. The fourth-order valence-electron chi connectivity index (χ4n) is 9.19. The molecule has 358 valence electrons. The number of rotatable bonds is 7. The number of para-hydroxylation sites is 1. The predicted octanol–water partition coefficient (Wildman–Crippen LogP) is 17.4. The van der Waals surface area contributed by atoms with Gasteiger partial charge in [-0.3, -0.25) is 9.55 Å². The second-order valence-electron chi connectivity index (χ2n) is 22.7. The number of aryl methyl sites for hydroxylation is 1. The van der Waals surface area contributed by atoms with Crippen LogP contribution in [-0.2, 0) is 42.7 Å². The Kier molecular flexibility index (Phi) is 12.3. The zero-order valence-corrected chi connectivity index (χ0v) is 44.9. The van der Waals surface area contributed by atoms with E-state index >= 15 is 0 Å². The molecule has 9 aromatic rings. The maximum absolute atomic E-state index is 12.6. The number of hydrogen-bond acceptors (Lipinski definition) is 3. The summed E-state index contributed by atoms with van der Waals surface area (Å²) in [4.78, 5) is 10.6. The quantitative estimate of drug-likeness (QED) is 0.162. The van der Waals surface area contributed by atoms with Crippen molar-refractivity contribution in [2.75, 3.05) is 0 Å². The molecule has 0 saturated carbocycles. The minimum Gasteiger partial charge on any atom is -0.507 e. The molecule has 0 aliphatic carbocycles. The number of pyridine rings is 1. The topological polar surface area (TPSA) is 50.9 Å². The van der Waals surface area contributed by atoms with Crippen LogP contribution in [0.3, 0.4) is 0 Å². The van der Waals surface area contributed by atoms with E-state index in [1.807, 2.05) is 18.3 Å². The predicted molar refractivity (Wildman–Crippen MR) is 292 cm³/mol. The number of benzene rings is 7. The van der Waals surface area contributed by atoms with Crippen LogP contribution in [0.2, 0.25) is 0 Å². The van der Waals surface area contributed by atoms with Gasteiger partial charge in [0.1, 0.15) is 11.6 Å². The van der Waals surface area contributed by atoms with Crippen molar-refractivity contribution in [2.24, 2.45) is 0 Å². The molecule has 0 aliphatic rings. The van der Waals surface area contributed by atoms with E-state index < -0.39 is 12.3 Å². The Morgan fingerprint density at radius 1 is 0.500 bits per heavy atom. The first-order valence-electron chi connectivity index (χ1n) is 25.6. The summed E-state index contributed by atoms with van der Waals surface area (Å²) in [6.07, 6.45) is 1.87. The van der Waals surface area contributed by atoms with E-state index in [4.69, 9.17) is 14.1 Å². The number of nitrogens with zero attached hydrogens (tertiary/aromatic N) is 3. The van der Waals surface area contributed by atoms with Crippen LogP contribution in [-0.4, -0.2) is 19.6 Å². The zero-order chi connectivity index (χ0) is 51.7. The van der Waals surface area contributed by atoms with Crippen LogP contribution < -0.4 is 0 Å². The molecule has 0 unspecified atom stereocenters. The molecule has 1 N–H and O–H groups in total. The number of imidazole rings is 1. The van der Waals surface area contributed by atoms with Gasteiger partial charge < -0.3 is 5.11 Å². The third-order valence-corrected chi connectivity index (χ3v) is 13.4. The van der Waals surface area contributed by atoms with E-state index in [2.05, 4.69) is 221 Å². The second kappa shape index (κ2) is 18.8. The Morgan fingerprint density at radius 3 is 1.73 bits per heavy atom. The van der Waals surface area contributed by atoms with Gasteiger partial charge >= 0.3 is 0 Å². The van der Waals surface area contributed by atoms with Gasteiger partial charge in [0, 0.05) is 48.2 Å². The molecule has 5 heteroatoms. The van der Waals surface area contributed by atoms with Crippen LogP contribution in [0.15, 0.2) is 158 Å². The number of fused-ring (bicyclic) bond motifs is 1. The van der Waals surface area contributed by atoms with Gasteiger partial charge in [-0.05, 0) is 97.8 Å². The fourth-order valence-corrected chi connectivity index (χ4v) is 9.19. The van der Waals surface area contributed by atoms with Gasteiger partial charge in [-0.1, -0.05) is 209 Å². The van der Waals surface area contributed by atoms with Crippen LogP contribution >= 0.6 is 0 Å². The summed E-state index contributed by atoms with van der Waals surface area (Å²) in [5.74, 6) is 0.702. The van der Waals surface area contributed by atoms with Crippen molar-refractivity contribution < 1.29 is 30.3 Å². The summed E-state index contributed by atoms with van der Waals surface area (Å²) in [6, 6.07) is 55.7. The summed E-state index contributed by atoms with van der Waals surface area (Å²) < 4.78 is 27.7. The maximum Gasteiger partial charge on any atom is 0.148 e. The summed E-state index contributed by atoms with van der Waals surface area (Å²) in [6.45, 7) is 23.8. The normalized spacial score (nSPS) is 13.1. The molecule has 0 spiro atoms. The molecule has 0 bridgehead atoms. The number of aromatic hydroxyl groups is 1. The molecular formula is C65H66N3OPt-. The molecule has 0 atom stereocenters. The molecular weight excluding hydrogens is 1030 g/mol. The SMILES string of the molecule is [2H]C([2H])([2H])c1ccc(-n2c(-c3cc(C(C)(C)C)cc(C(C)(C)C)c3O)nc3c(-c4[c-]c(-c5cc(-c6ccc(-c7ccccc7)cc6)ccn5)cc(C(C)(C)C)c4)cccc32)c(-c2ccc(C(C)(C)C)cc2)c1.[Pt]. The molecule has 2 heterocycles. The zero-order valence-electron chi connectivity index (χ0n) is 45.6. The van der Waals surface area contributed by atoms with Crippen LogP contribution in [0.5, 0.6) is 5.75 Å². The fraction of sp³-hybridized carbons (Fsp3) is 0.262. The maximum atomic E-state index is 12.6. The number of aromatic nitrogens is 3. The molecule has 0 aliphatic heterocycles. The third-order valence-electron chi connectivity index (χ3n) is 13.4. The summed E-state index contributed by atoms with van der Waals surface area (Å²) >= 11 is 0. The van der Waals surface area contributed by atoms with Crippen molar-refractivity contribution in [3.63, 3.8) is 0 Å². The second-order valence-corrected chi connectivity index (χ2v) is 22.7. The summed E-state index contributed by atoms with van der Waals surface area (Å²) in [5.41, 5.74) is 15.8. The van der Waals surface area contributed by atoms with Gasteiger partial charge in [0.05, 0.1) is 22.3 Å².